The molecule has 0 amide bonds. The number of halogens is 1. The number of anilines is 1. The summed E-state index contributed by atoms with van der Waals surface area (Å²) in [6.07, 6.45) is 4.13. The van der Waals surface area contributed by atoms with Crippen LogP contribution in [0, 0.1) is 0 Å². The molecular formula is C10H15ClN4O. The van der Waals surface area contributed by atoms with Crippen molar-refractivity contribution in [2.45, 2.75) is 31.5 Å². The second kappa shape index (κ2) is 4.95. The van der Waals surface area contributed by atoms with Crippen LogP contribution < -0.4 is 11.1 Å². The Morgan fingerprint density at radius 1 is 1.56 bits per heavy atom. The molecule has 3 unspecified atom stereocenters. The smallest absolute Gasteiger partial charge is 0.223 e. The summed E-state index contributed by atoms with van der Waals surface area (Å²) in [5.74, 6) is 0.536. The molecule has 0 spiro atoms. The first-order valence-electron chi connectivity index (χ1n) is 5.32. The molecule has 88 valence electrons. The van der Waals surface area contributed by atoms with Gasteiger partial charge in [-0.05, 0) is 13.3 Å². The van der Waals surface area contributed by atoms with Crippen LogP contribution in [0.4, 0.5) is 5.95 Å². The molecule has 1 aromatic rings. The summed E-state index contributed by atoms with van der Waals surface area (Å²) in [7, 11) is 0. The number of hydrogen-bond acceptors (Lipinski definition) is 5. The molecule has 0 aliphatic heterocycles. The average molecular weight is 243 g/mol. The number of ether oxygens (including phenoxy) is 1. The molecule has 0 aromatic carbocycles. The molecule has 0 saturated heterocycles. The molecule has 3 N–H and O–H groups in total. The highest BCUT2D eigenvalue weighted by atomic mass is 35.5. The predicted molar refractivity (Wildman–Crippen MR) is 62.5 cm³/mol. The van der Waals surface area contributed by atoms with Crippen LogP contribution in [0.3, 0.4) is 0 Å². The highest BCUT2D eigenvalue weighted by molar-refractivity contribution is 6.30. The molecule has 16 heavy (non-hydrogen) atoms. The van der Waals surface area contributed by atoms with E-state index in [-0.39, 0.29) is 18.2 Å². The number of nitrogens with two attached hydrogens (primary N) is 1. The van der Waals surface area contributed by atoms with Crippen LogP contribution >= 0.6 is 11.6 Å². The molecule has 5 nitrogen and oxygen atoms in total. The Balaban J connectivity index is 1.95. The Morgan fingerprint density at radius 2 is 2.25 bits per heavy atom. The Bertz CT molecular complexity index is 343. The normalized spacial score (nSPS) is 28.6. The first kappa shape index (κ1) is 11.6. The van der Waals surface area contributed by atoms with Gasteiger partial charge >= 0.3 is 0 Å². The van der Waals surface area contributed by atoms with Gasteiger partial charge in [0.1, 0.15) is 0 Å². The molecule has 3 atom stereocenters. The lowest BCUT2D eigenvalue weighted by molar-refractivity contribution is -0.0128. The van der Waals surface area contributed by atoms with Crippen LogP contribution in [0.25, 0.3) is 0 Å². The lowest BCUT2D eigenvalue weighted by Gasteiger charge is -2.42. The minimum atomic E-state index is 0.0844. The molecular weight excluding hydrogens is 228 g/mol. The molecule has 1 aliphatic carbocycles. The molecule has 6 heteroatoms. The van der Waals surface area contributed by atoms with Crippen molar-refractivity contribution in [3.63, 3.8) is 0 Å². The van der Waals surface area contributed by atoms with Crippen LogP contribution in [0.2, 0.25) is 5.02 Å². The Hall–Kier alpha value is -0.910. The van der Waals surface area contributed by atoms with Gasteiger partial charge in [-0.2, -0.15) is 0 Å². The third kappa shape index (κ3) is 2.42. The van der Waals surface area contributed by atoms with Crippen molar-refractivity contribution < 1.29 is 4.74 Å². The fraction of sp³-hybridized carbons (Fsp3) is 0.600. The van der Waals surface area contributed by atoms with Gasteiger partial charge in [-0.25, -0.2) is 9.97 Å². The lowest BCUT2D eigenvalue weighted by atomic mass is 9.83. The van der Waals surface area contributed by atoms with Crippen LogP contribution in [0.5, 0.6) is 0 Å². The summed E-state index contributed by atoms with van der Waals surface area (Å²) in [6, 6.07) is 0.178. The van der Waals surface area contributed by atoms with E-state index in [1.807, 2.05) is 6.92 Å². The second-order valence-electron chi connectivity index (χ2n) is 3.79. The molecule has 1 aliphatic rings. The minimum Gasteiger partial charge on any atom is -0.376 e. The van der Waals surface area contributed by atoms with Crippen LogP contribution in [-0.2, 0) is 4.74 Å². The van der Waals surface area contributed by atoms with E-state index in [2.05, 4.69) is 15.3 Å². The highest BCUT2D eigenvalue weighted by Gasteiger charge is 2.39. The largest absolute Gasteiger partial charge is 0.376 e. The number of aromatic nitrogens is 2. The lowest BCUT2D eigenvalue weighted by Crippen LogP contribution is -2.60. The van der Waals surface area contributed by atoms with Gasteiger partial charge in [-0.1, -0.05) is 11.6 Å². The zero-order valence-electron chi connectivity index (χ0n) is 9.06. The Labute approximate surface area is 99.4 Å². The van der Waals surface area contributed by atoms with Crippen LogP contribution in [0.15, 0.2) is 12.4 Å². The Morgan fingerprint density at radius 3 is 2.81 bits per heavy atom. The number of hydrogen-bond donors (Lipinski definition) is 2. The summed E-state index contributed by atoms with van der Waals surface area (Å²) in [6.45, 7) is 2.66. The molecule has 0 radical (unpaired) electrons. The zero-order chi connectivity index (χ0) is 11.5. The van der Waals surface area contributed by atoms with Crippen molar-refractivity contribution in [2.24, 2.45) is 5.73 Å². The van der Waals surface area contributed by atoms with E-state index in [0.717, 1.165) is 6.42 Å². The summed E-state index contributed by atoms with van der Waals surface area (Å²) < 4.78 is 5.53. The topological polar surface area (TPSA) is 73.1 Å². The molecule has 2 rings (SSSR count). The van der Waals surface area contributed by atoms with E-state index < -0.39 is 0 Å². The molecule has 0 bridgehead atoms. The summed E-state index contributed by atoms with van der Waals surface area (Å²) in [4.78, 5) is 8.13. The second-order valence-corrected chi connectivity index (χ2v) is 4.22. The maximum atomic E-state index is 5.90. The first-order chi connectivity index (χ1) is 7.70. The van der Waals surface area contributed by atoms with Crippen LogP contribution in [-0.4, -0.2) is 34.8 Å². The van der Waals surface area contributed by atoms with E-state index >= 15 is 0 Å². The first-order valence-corrected chi connectivity index (χ1v) is 5.69. The van der Waals surface area contributed by atoms with Crippen molar-refractivity contribution in [1.82, 2.24) is 9.97 Å². The van der Waals surface area contributed by atoms with E-state index in [1.54, 1.807) is 12.4 Å². The van der Waals surface area contributed by atoms with Crippen molar-refractivity contribution >= 4 is 17.5 Å². The summed E-state index contributed by atoms with van der Waals surface area (Å²) in [5, 5.41) is 3.68. The highest BCUT2D eigenvalue weighted by Crippen LogP contribution is 2.25. The molecule has 1 saturated carbocycles. The van der Waals surface area contributed by atoms with E-state index in [1.165, 1.54) is 0 Å². The number of rotatable bonds is 4. The Kier molecular flexibility index (Phi) is 3.58. The van der Waals surface area contributed by atoms with Gasteiger partial charge in [0.25, 0.3) is 0 Å². The van der Waals surface area contributed by atoms with E-state index in [9.17, 15) is 0 Å². The van der Waals surface area contributed by atoms with Crippen LogP contribution in [0.1, 0.15) is 13.3 Å². The van der Waals surface area contributed by atoms with Crippen molar-refractivity contribution in [3.8, 4) is 0 Å². The quantitative estimate of drug-likeness (QED) is 0.826. The predicted octanol–water partition coefficient (Wildman–Crippen LogP) is 1.05. The van der Waals surface area contributed by atoms with Gasteiger partial charge in [-0.3, -0.25) is 0 Å². The third-order valence-corrected chi connectivity index (χ3v) is 2.86. The SMILES string of the molecule is CCOC1CC(N)C1Nc1ncc(Cl)cn1. The standard InChI is InChI=1S/C10H15ClN4O/c1-2-16-8-3-7(12)9(8)15-10-13-4-6(11)5-14-10/h4-5,7-9H,2-3,12H2,1H3,(H,13,14,15). The minimum absolute atomic E-state index is 0.0844. The number of nitrogens with one attached hydrogen (secondary N) is 1. The van der Waals surface area contributed by atoms with Gasteiger partial charge in [0, 0.05) is 12.6 Å². The van der Waals surface area contributed by atoms with Gasteiger partial charge < -0.3 is 15.8 Å². The summed E-state index contributed by atoms with van der Waals surface area (Å²) >= 11 is 5.70. The molecule has 1 fully saturated rings. The zero-order valence-corrected chi connectivity index (χ0v) is 9.81. The van der Waals surface area contributed by atoms with Crippen molar-refractivity contribution in [2.75, 3.05) is 11.9 Å². The number of nitrogens with zero attached hydrogens (tertiary/aromatic N) is 2. The molecule has 1 aromatic heterocycles. The fourth-order valence-electron chi connectivity index (χ4n) is 1.76. The van der Waals surface area contributed by atoms with Crippen molar-refractivity contribution in [1.29, 1.82) is 0 Å². The van der Waals surface area contributed by atoms with Gasteiger partial charge in [-0.15, -0.1) is 0 Å². The van der Waals surface area contributed by atoms with Gasteiger partial charge in [0.15, 0.2) is 0 Å². The van der Waals surface area contributed by atoms with Gasteiger partial charge in [0.2, 0.25) is 5.95 Å². The van der Waals surface area contributed by atoms with Crippen molar-refractivity contribution in [3.05, 3.63) is 17.4 Å². The van der Waals surface area contributed by atoms with Gasteiger partial charge in [0.05, 0.1) is 29.6 Å². The maximum absolute atomic E-state index is 5.90. The summed E-state index contributed by atoms with van der Waals surface area (Å²) in [5.41, 5.74) is 5.90. The van der Waals surface area contributed by atoms with E-state index in [4.69, 9.17) is 22.1 Å². The van der Waals surface area contributed by atoms with E-state index in [0.29, 0.717) is 17.6 Å². The molecule has 1 heterocycles. The average Bonchev–Trinajstić information content (AvgIpc) is 2.28. The monoisotopic (exact) mass is 242 g/mol. The fourth-order valence-corrected chi connectivity index (χ4v) is 1.86. The maximum Gasteiger partial charge on any atom is 0.223 e. The third-order valence-electron chi connectivity index (χ3n) is 2.66.